The number of hydrogen-bond acceptors (Lipinski definition) is 3. The highest BCUT2D eigenvalue weighted by atomic mass is 16.4. The SMILES string of the molecule is CC1(C)C[C@@H](O)[C@]2(C(=O)O)CC[C@]3(C)C(=CC[C@@H]4[C@@]5(C)CC[C@@H](O)C(C)(C)[C@@H]5CC[C@]43C)[C@@H]2C1. The molecule has 34 heavy (non-hydrogen) atoms. The molecule has 9 atom stereocenters. The molecule has 4 saturated carbocycles. The number of aliphatic hydroxyl groups is 2. The monoisotopic (exact) mass is 472 g/mol. The largest absolute Gasteiger partial charge is 0.481 e. The number of fused-ring (bicyclic) bond motifs is 7. The molecular weight excluding hydrogens is 424 g/mol. The third-order valence-corrected chi connectivity index (χ3v) is 13.0. The number of carbonyl (C=O) groups is 1. The van der Waals surface area contributed by atoms with Gasteiger partial charge in [-0.1, -0.05) is 60.1 Å². The Balaban J connectivity index is 1.61. The van der Waals surface area contributed by atoms with Gasteiger partial charge in [-0.15, -0.1) is 0 Å². The van der Waals surface area contributed by atoms with Crippen LogP contribution >= 0.6 is 0 Å². The lowest BCUT2D eigenvalue weighted by Crippen LogP contribution is -2.66. The molecule has 0 saturated heterocycles. The van der Waals surface area contributed by atoms with Gasteiger partial charge in [0.25, 0.3) is 0 Å². The summed E-state index contributed by atoms with van der Waals surface area (Å²) in [5.74, 6) is 0.167. The Labute approximate surface area is 206 Å². The summed E-state index contributed by atoms with van der Waals surface area (Å²) < 4.78 is 0. The molecule has 5 rings (SSSR count). The second-order valence-electron chi connectivity index (χ2n) is 15.2. The molecule has 4 fully saturated rings. The van der Waals surface area contributed by atoms with Crippen molar-refractivity contribution in [1.29, 1.82) is 0 Å². The lowest BCUT2D eigenvalue weighted by Gasteiger charge is -2.71. The van der Waals surface area contributed by atoms with E-state index in [4.69, 9.17) is 0 Å². The summed E-state index contributed by atoms with van der Waals surface area (Å²) in [5.41, 5.74) is 0.437. The van der Waals surface area contributed by atoms with Gasteiger partial charge in [-0.05, 0) is 103 Å². The van der Waals surface area contributed by atoms with Gasteiger partial charge in [-0.2, -0.15) is 0 Å². The van der Waals surface area contributed by atoms with Crippen molar-refractivity contribution in [3.63, 3.8) is 0 Å². The molecule has 0 aromatic heterocycles. The Bertz CT molecular complexity index is 919. The van der Waals surface area contributed by atoms with E-state index in [1.165, 1.54) is 5.57 Å². The summed E-state index contributed by atoms with van der Waals surface area (Å²) in [6.07, 6.45) is 9.51. The zero-order chi connectivity index (χ0) is 25.1. The maximum atomic E-state index is 12.8. The van der Waals surface area contributed by atoms with Crippen LogP contribution in [0.15, 0.2) is 11.6 Å². The van der Waals surface area contributed by atoms with E-state index < -0.39 is 17.5 Å². The minimum Gasteiger partial charge on any atom is -0.481 e. The fraction of sp³-hybridized carbons (Fsp3) is 0.900. The Hall–Kier alpha value is -0.870. The highest BCUT2D eigenvalue weighted by Gasteiger charge is 2.70. The van der Waals surface area contributed by atoms with Crippen LogP contribution in [-0.2, 0) is 4.79 Å². The van der Waals surface area contributed by atoms with E-state index in [0.29, 0.717) is 24.7 Å². The van der Waals surface area contributed by atoms with Crippen molar-refractivity contribution in [2.75, 3.05) is 0 Å². The zero-order valence-corrected chi connectivity index (χ0v) is 22.6. The zero-order valence-electron chi connectivity index (χ0n) is 22.6. The van der Waals surface area contributed by atoms with Crippen molar-refractivity contribution >= 4 is 5.97 Å². The van der Waals surface area contributed by atoms with Crippen LogP contribution in [0.4, 0.5) is 0 Å². The smallest absolute Gasteiger partial charge is 0.312 e. The molecule has 0 amide bonds. The molecule has 5 aliphatic carbocycles. The Kier molecular flexibility index (Phi) is 5.20. The Morgan fingerprint density at radius 3 is 2.18 bits per heavy atom. The fourth-order valence-electron chi connectivity index (χ4n) is 10.8. The minimum absolute atomic E-state index is 0.0408. The molecule has 0 bridgehead atoms. The predicted molar refractivity (Wildman–Crippen MR) is 134 cm³/mol. The molecule has 0 spiro atoms. The number of hydrogen-bond donors (Lipinski definition) is 3. The summed E-state index contributed by atoms with van der Waals surface area (Å²) in [4.78, 5) is 12.8. The first-order valence-corrected chi connectivity index (χ1v) is 13.9. The molecular formula is C30H48O4. The van der Waals surface area contributed by atoms with Crippen LogP contribution < -0.4 is 0 Å². The van der Waals surface area contributed by atoms with E-state index in [1.54, 1.807) is 0 Å². The molecule has 0 radical (unpaired) electrons. The van der Waals surface area contributed by atoms with Gasteiger partial charge in [-0.3, -0.25) is 4.79 Å². The van der Waals surface area contributed by atoms with Crippen LogP contribution in [0.1, 0.15) is 106 Å². The molecule has 3 N–H and O–H groups in total. The first kappa shape index (κ1) is 24.8. The molecule has 0 aliphatic heterocycles. The number of carboxylic acids is 1. The van der Waals surface area contributed by atoms with E-state index in [-0.39, 0.29) is 39.1 Å². The highest BCUT2D eigenvalue weighted by molar-refractivity contribution is 5.77. The normalized spacial score (nSPS) is 53.4. The minimum atomic E-state index is -1.04. The molecule has 0 aromatic rings. The quantitative estimate of drug-likeness (QED) is 0.397. The van der Waals surface area contributed by atoms with Gasteiger partial charge in [-0.25, -0.2) is 0 Å². The van der Waals surface area contributed by atoms with Crippen molar-refractivity contribution in [3.8, 4) is 0 Å². The second kappa shape index (κ2) is 7.12. The number of carboxylic acid groups (broad SMARTS) is 1. The van der Waals surface area contributed by atoms with Crippen LogP contribution in [0.5, 0.6) is 0 Å². The highest BCUT2D eigenvalue weighted by Crippen LogP contribution is 2.75. The van der Waals surface area contributed by atoms with Gasteiger partial charge in [0.2, 0.25) is 0 Å². The van der Waals surface area contributed by atoms with Crippen LogP contribution in [0, 0.1) is 50.2 Å². The molecule has 4 heteroatoms. The van der Waals surface area contributed by atoms with Gasteiger partial charge < -0.3 is 15.3 Å². The third-order valence-electron chi connectivity index (χ3n) is 13.0. The molecule has 0 heterocycles. The molecule has 4 nitrogen and oxygen atoms in total. The summed E-state index contributed by atoms with van der Waals surface area (Å²) in [7, 11) is 0. The van der Waals surface area contributed by atoms with Gasteiger partial charge in [0.05, 0.1) is 12.2 Å². The lowest BCUT2D eigenvalue weighted by molar-refractivity contribution is -0.212. The maximum Gasteiger partial charge on any atom is 0.312 e. The van der Waals surface area contributed by atoms with Gasteiger partial charge >= 0.3 is 5.97 Å². The van der Waals surface area contributed by atoms with Gasteiger partial charge in [0.1, 0.15) is 5.41 Å². The summed E-state index contributed by atoms with van der Waals surface area (Å²) >= 11 is 0. The lowest BCUT2D eigenvalue weighted by atomic mass is 9.33. The molecule has 192 valence electrons. The van der Waals surface area contributed by atoms with E-state index in [2.05, 4.69) is 54.5 Å². The van der Waals surface area contributed by atoms with Crippen LogP contribution in [0.2, 0.25) is 0 Å². The first-order valence-electron chi connectivity index (χ1n) is 13.9. The molecule has 0 unspecified atom stereocenters. The van der Waals surface area contributed by atoms with Crippen LogP contribution in [0.3, 0.4) is 0 Å². The van der Waals surface area contributed by atoms with Crippen LogP contribution in [-0.4, -0.2) is 33.5 Å². The third kappa shape index (κ3) is 2.82. The summed E-state index contributed by atoms with van der Waals surface area (Å²) in [6, 6.07) is 0. The average molecular weight is 473 g/mol. The predicted octanol–water partition coefficient (Wildman–Crippen LogP) is 6.20. The standard InChI is InChI=1S/C30H48O4/c1-25(2)16-19-18-8-9-21-27(5)12-11-22(31)26(3,4)20(27)10-13-29(21,7)28(18,6)14-15-30(19,24(33)34)23(32)17-25/h8,19-23,31-32H,9-17H2,1-7H3,(H,33,34)/t19-,20-,21+,22+,23+,27-,28+,29+,30-/m0/s1. The Morgan fingerprint density at radius 2 is 1.53 bits per heavy atom. The van der Waals surface area contributed by atoms with Crippen molar-refractivity contribution in [3.05, 3.63) is 11.6 Å². The van der Waals surface area contributed by atoms with Crippen molar-refractivity contribution in [2.24, 2.45) is 50.2 Å². The molecule has 0 aromatic carbocycles. The van der Waals surface area contributed by atoms with E-state index >= 15 is 0 Å². The van der Waals surface area contributed by atoms with Crippen molar-refractivity contribution in [1.82, 2.24) is 0 Å². The Morgan fingerprint density at radius 1 is 0.853 bits per heavy atom. The first-order chi connectivity index (χ1) is 15.6. The summed E-state index contributed by atoms with van der Waals surface area (Å²) in [6.45, 7) is 16.4. The maximum absolute atomic E-state index is 12.8. The summed E-state index contributed by atoms with van der Waals surface area (Å²) in [5, 5.41) is 32.7. The number of allylic oxidation sites excluding steroid dienone is 2. The van der Waals surface area contributed by atoms with Crippen molar-refractivity contribution < 1.29 is 20.1 Å². The fourth-order valence-corrected chi connectivity index (χ4v) is 10.8. The van der Waals surface area contributed by atoms with Crippen molar-refractivity contribution in [2.45, 2.75) is 118 Å². The van der Waals surface area contributed by atoms with Gasteiger partial charge in [0.15, 0.2) is 0 Å². The molecule has 5 aliphatic rings. The van der Waals surface area contributed by atoms with Gasteiger partial charge in [0, 0.05) is 0 Å². The second-order valence-corrected chi connectivity index (χ2v) is 15.2. The van der Waals surface area contributed by atoms with E-state index in [0.717, 1.165) is 44.9 Å². The number of aliphatic carboxylic acids is 1. The van der Waals surface area contributed by atoms with E-state index in [9.17, 15) is 20.1 Å². The number of rotatable bonds is 1. The topological polar surface area (TPSA) is 77.8 Å². The average Bonchev–Trinajstić information content (AvgIpc) is 2.70. The van der Waals surface area contributed by atoms with E-state index in [1.807, 2.05) is 0 Å². The van der Waals surface area contributed by atoms with Crippen LogP contribution in [0.25, 0.3) is 0 Å². The number of aliphatic hydroxyl groups excluding tert-OH is 2.